The number of nitrogens with zero attached hydrogens (tertiary/aromatic N) is 3. The van der Waals surface area contributed by atoms with Crippen LogP contribution in [0, 0.1) is 11.3 Å². The Balaban J connectivity index is 1.81. The van der Waals surface area contributed by atoms with Crippen molar-refractivity contribution in [3.63, 3.8) is 0 Å². The number of carbonyl (C=O) groups is 1. The fourth-order valence-electron chi connectivity index (χ4n) is 2.38. The highest BCUT2D eigenvalue weighted by Crippen LogP contribution is 2.29. The van der Waals surface area contributed by atoms with Crippen molar-refractivity contribution in [2.45, 2.75) is 25.4 Å². The van der Waals surface area contributed by atoms with E-state index in [2.05, 4.69) is 11.1 Å². The number of nitriles is 1. The summed E-state index contributed by atoms with van der Waals surface area (Å²) in [6.45, 7) is 0.183. The molecule has 22 heavy (non-hydrogen) atoms. The van der Waals surface area contributed by atoms with Crippen molar-refractivity contribution in [2.24, 2.45) is 0 Å². The van der Waals surface area contributed by atoms with Crippen molar-refractivity contribution < 1.29 is 14.6 Å². The van der Waals surface area contributed by atoms with Crippen molar-refractivity contribution in [3.05, 3.63) is 23.2 Å². The first-order chi connectivity index (χ1) is 10.7. The van der Waals surface area contributed by atoms with Crippen LogP contribution in [0.2, 0.25) is 0 Å². The van der Waals surface area contributed by atoms with Crippen molar-refractivity contribution in [2.75, 3.05) is 18.1 Å². The van der Waals surface area contributed by atoms with Crippen LogP contribution in [0.25, 0.3) is 10.2 Å². The number of cyclic esters (lactones) is 1. The molecular formula is C15H15N3O3S. The number of ether oxygens (including phenoxy) is 1. The normalized spacial score (nSPS) is 17.7. The van der Waals surface area contributed by atoms with Gasteiger partial charge in [-0.05, 0) is 24.6 Å². The zero-order valence-corrected chi connectivity index (χ0v) is 12.7. The molecule has 0 aliphatic carbocycles. The third kappa shape index (κ3) is 2.89. The number of aliphatic hydroxyl groups excluding tert-OH is 1. The molecule has 0 radical (unpaired) electrons. The lowest BCUT2D eigenvalue weighted by molar-refractivity contribution is 0.0963. The second-order valence-corrected chi connectivity index (χ2v) is 6.19. The molecule has 2 aromatic rings. The summed E-state index contributed by atoms with van der Waals surface area (Å²) in [6.07, 6.45) is 1.23. The van der Waals surface area contributed by atoms with Crippen LogP contribution >= 0.6 is 11.3 Å². The lowest BCUT2D eigenvalue weighted by Gasteiger charge is -2.12. The van der Waals surface area contributed by atoms with Crippen LogP contribution in [0.3, 0.4) is 0 Å². The van der Waals surface area contributed by atoms with Gasteiger partial charge >= 0.3 is 6.09 Å². The summed E-state index contributed by atoms with van der Waals surface area (Å²) in [5.74, 6) is 0. The molecule has 1 aromatic heterocycles. The van der Waals surface area contributed by atoms with Crippen LogP contribution < -0.4 is 4.90 Å². The third-order valence-corrected chi connectivity index (χ3v) is 4.56. The second kappa shape index (κ2) is 6.30. The molecule has 1 atom stereocenters. The number of anilines is 1. The van der Waals surface area contributed by atoms with E-state index in [1.807, 2.05) is 18.2 Å². The molecule has 1 N–H and O–H groups in total. The average Bonchev–Trinajstić information content (AvgIpc) is 3.09. The molecule has 6 nitrogen and oxygen atoms in total. The Morgan fingerprint density at radius 1 is 1.55 bits per heavy atom. The number of aromatic nitrogens is 1. The van der Waals surface area contributed by atoms with E-state index in [0.717, 1.165) is 33.8 Å². The maximum absolute atomic E-state index is 11.8. The smallest absolute Gasteiger partial charge is 0.414 e. The van der Waals surface area contributed by atoms with Gasteiger partial charge in [-0.3, -0.25) is 4.90 Å². The van der Waals surface area contributed by atoms with Crippen LogP contribution in [0.4, 0.5) is 10.5 Å². The fourth-order valence-corrected chi connectivity index (χ4v) is 3.42. The summed E-state index contributed by atoms with van der Waals surface area (Å²) in [7, 11) is 0. The van der Waals surface area contributed by atoms with E-state index in [9.17, 15) is 4.79 Å². The van der Waals surface area contributed by atoms with Gasteiger partial charge in [-0.1, -0.05) is 0 Å². The first kappa shape index (κ1) is 14.8. The summed E-state index contributed by atoms with van der Waals surface area (Å²) >= 11 is 1.58. The Hall–Kier alpha value is -2.17. The molecule has 0 saturated carbocycles. The highest BCUT2D eigenvalue weighted by molar-refractivity contribution is 7.18. The average molecular weight is 317 g/mol. The molecule has 114 valence electrons. The molecular weight excluding hydrogens is 302 g/mol. The van der Waals surface area contributed by atoms with Crippen molar-refractivity contribution >= 4 is 33.3 Å². The number of thiazole rings is 1. The van der Waals surface area contributed by atoms with E-state index >= 15 is 0 Å². The number of rotatable bonds is 5. The lowest BCUT2D eigenvalue weighted by atomic mass is 10.2. The van der Waals surface area contributed by atoms with Gasteiger partial charge in [0.2, 0.25) is 0 Å². The van der Waals surface area contributed by atoms with E-state index in [-0.39, 0.29) is 6.61 Å². The Bertz CT molecular complexity index is 737. The van der Waals surface area contributed by atoms with Crippen molar-refractivity contribution in [3.8, 4) is 6.07 Å². The Labute approximate surface area is 131 Å². The SMILES string of the molecule is N#CCCCc1nc2ccc(N3C[C@H](CO)OC3=O)cc2s1. The first-order valence-corrected chi connectivity index (χ1v) is 7.88. The molecule has 1 saturated heterocycles. The van der Waals surface area contributed by atoms with Gasteiger partial charge in [0.05, 0.1) is 34.4 Å². The van der Waals surface area contributed by atoms with E-state index in [1.165, 1.54) is 4.90 Å². The van der Waals surface area contributed by atoms with Gasteiger partial charge in [-0.25, -0.2) is 9.78 Å². The van der Waals surface area contributed by atoms with Crippen molar-refractivity contribution in [1.82, 2.24) is 4.98 Å². The van der Waals surface area contributed by atoms with Gasteiger partial charge in [-0.15, -0.1) is 11.3 Å². The van der Waals surface area contributed by atoms with E-state index in [1.54, 1.807) is 11.3 Å². The number of fused-ring (bicyclic) bond motifs is 1. The monoisotopic (exact) mass is 317 g/mol. The summed E-state index contributed by atoms with van der Waals surface area (Å²) < 4.78 is 6.06. The molecule has 7 heteroatoms. The fraction of sp³-hybridized carbons (Fsp3) is 0.400. The van der Waals surface area contributed by atoms with Gasteiger partial charge < -0.3 is 9.84 Å². The molecule has 3 rings (SSSR count). The number of amides is 1. The largest absolute Gasteiger partial charge is 0.441 e. The molecule has 0 spiro atoms. The minimum Gasteiger partial charge on any atom is -0.441 e. The number of carbonyl (C=O) groups excluding carboxylic acids is 1. The zero-order valence-electron chi connectivity index (χ0n) is 11.9. The summed E-state index contributed by atoms with van der Waals surface area (Å²) in [5.41, 5.74) is 1.65. The standard InChI is InChI=1S/C15H15N3O3S/c16-6-2-1-3-14-17-12-5-4-10(7-13(12)22-14)18-8-11(9-19)21-15(18)20/h4-5,7,11,19H,1-3,8-9H2/t11-/m1/s1. The zero-order chi connectivity index (χ0) is 15.5. The van der Waals surface area contributed by atoms with Gasteiger partial charge in [0.1, 0.15) is 6.10 Å². The van der Waals surface area contributed by atoms with Crippen LogP contribution in [-0.4, -0.2) is 35.4 Å². The topological polar surface area (TPSA) is 86.5 Å². The predicted molar refractivity (Wildman–Crippen MR) is 82.9 cm³/mol. The molecule has 1 fully saturated rings. The number of hydrogen-bond donors (Lipinski definition) is 1. The molecule has 2 heterocycles. The number of unbranched alkanes of at least 4 members (excludes halogenated alkanes) is 1. The molecule has 0 unspecified atom stereocenters. The quantitative estimate of drug-likeness (QED) is 0.856. The first-order valence-electron chi connectivity index (χ1n) is 7.06. The van der Waals surface area contributed by atoms with Crippen LogP contribution in [0.15, 0.2) is 18.2 Å². The maximum atomic E-state index is 11.8. The predicted octanol–water partition coefficient (Wildman–Crippen LogP) is 2.46. The highest BCUT2D eigenvalue weighted by atomic mass is 32.1. The summed E-state index contributed by atoms with van der Waals surface area (Å²) in [4.78, 5) is 17.9. The Kier molecular flexibility index (Phi) is 4.22. The number of aryl methyl sites for hydroxylation is 1. The summed E-state index contributed by atoms with van der Waals surface area (Å²) in [6, 6.07) is 7.77. The van der Waals surface area contributed by atoms with Crippen LogP contribution in [-0.2, 0) is 11.2 Å². The highest BCUT2D eigenvalue weighted by Gasteiger charge is 2.31. The van der Waals surface area contributed by atoms with E-state index in [4.69, 9.17) is 15.1 Å². The molecule has 1 aromatic carbocycles. The van der Waals surface area contributed by atoms with Gasteiger partial charge in [0.25, 0.3) is 0 Å². The number of aliphatic hydroxyl groups is 1. The molecule has 1 amide bonds. The number of benzene rings is 1. The molecule has 1 aliphatic rings. The van der Waals surface area contributed by atoms with Gasteiger partial charge in [0.15, 0.2) is 0 Å². The Morgan fingerprint density at radius 3 is 3.14 bits per heavy atom. The summed E-state index contributed by atoms with van der Waals surface area (Å²) in [5, 5.41) is 18.7. The van der Waals surface area contributed by atoms with Gasteiger partial charge in [-0.2, -0.15) is 5.26 Å². The molecule has 0 bridgehead atoms. The van der Waals surface area contributed by atoms with E-state index in [0.29, 0.717) is 13.0 Å². The lowest BCUT2D eigenvalue weighted by Crippen LogP contribution is -2.25. The number of hydrogen-bond acceptors (Lipinski definition) is 6. The van der Waals surface area contributed by atoms with E-state index < -0.39 is 12.2 Å². The minimum absolute atomic E-state index is 0.173. The second-order valence-electron chi connectivity index (χ2n) is 5.07. The van der Waals surface area contributed by atoms with Crippen LogP contribution in [0.1, 0.15) is 17.8 Å². The minimum atomic E-state index is -0.466. The Morgan fingerprint density at radius 2 is 2.41 bits per heavy atom. The van der Waals surface area contributed by atoms with Gasteiger partial charge in [0, 0.05) is 18.5 Å². The van der Waals surface area contributed by atoms with Crippen LogP contribution in [0.5, 0.6) is 0 Å². The third-order valence-electron chi connectivity index (χ3n) is 3.48. The molecule has 1 aliphatic heterocycles. The maximum Gasteiger partial charge on any atom is 0.414 e. The van der Waals surface area contributed by atoms with Crippen molar-refractivity contribution in [1.29, 1.82) is 5.26 Å².